The molecule has 0 unspecified atom stereocenters. The van der Waals surface area contributed by atoms with Crippen LogP contribution in [0.1, 0.15) is 30.7 Å². The molecule has 0 amide bonds. The monoisotopic (exact) mass is 336 g/mol. The molecule has 1 aromatic heterocycles. The number of pyridine rings is 1. The molecule has 1 aliphatic rings. The van der Waals surface area contributed by atoms with Crippen molar-refractivity contribution < 1.29 is 4.74 Å². The van der Waals surface area contributed by atoms with Crippen molar-refractivity contribution in [3.05, 3.63) is 23.0 Å². The highest BCUT2D eigenvalue weighted by atomic mass is 32.2. The number of aliphatic imine (C=N–C) groups is 1. The maximum Gasteiger partial charge on any atom is 0.194 e. The average Bonchev–Trinajstić information content (AvgIpc) is 2.49. The molecule has 1 fully saturated rings. The minimum Gasteiger partial charge on any atom is -0.496 e. The van der Waals surface area contributed by atoms with Crippen LogP contribution in [0.2, 0.25) is 0 Å². The van der Waals surface area contributed by atoms with E-state index in [0.717, 1.165) is 47.4 Å². The van der Waals surface area contributed by atoms with E-state index < -0.39 is 0 Å². The smallest absolute Gasteiger partial charge is 0.194 e. The number of nitrogens with zero attached hydrogens (tertiary/aromatic N) is 3. The van der Waals surface area contributed by atoms with Crippen LogP contribution in [0, 0.1) is 13.8 Å². The molecule has 128 valence electrons. The topological polar surface area (TPSA) is 49.8 Å². The fourth-order valence-corrected chi connectivity index (χ4v) is 4.05. The third-order valence-electron chi connectivity index (χ3n) is 4.10. The van der Waals surface area contributed by atoms with Gasteiger partial charge >= 0.3 is 0 Å². The molecule has 2 heterocycles. The Balaban J connectivity index is 2.07. The standard InChI is InChI=1S/C17H28N4OS/c1-12-9-19-14(13(2)15(12)22-6)10-20-16(18-5)21-7-8-23-17(3,4)11-21/h9H,7-8,10-11H2,1-6H3,(H,18,20). The Morgan fingerprint density at radius 2 is 2.22 bits per heavy atom. The Morgan fingerprint density at radius 3 is 2.83 bits per heavy atom. The predicted molar refractivity (Wildman–Crippen MR) is 98.6 cm³/mol. The van der Waals surface area contributed by atoms with Gasteiger partial charge in [-0.2, -0.15) is 11.8 Å². The first kappa shape index (κ1) is 17.9. The predicted octanol–water partition coefficient (Wildman–Crippen LogP) is 2.61. The summed E-state index contributed by atoms with van der Waals surface area (Å²) >= 11 is 2.02. The molecule has 1 aliphatic heterocycles. The molecule has 5 nitrogen and oxygen atoms in total. The van der Waals surface area contributed by atoms with Crippen molar-refractivity contribution in [1.29, 1.82) is 0 Å². The van der Waals surface area contributed by atoms with E-state index in [1.807, 2.05) is 31.9 Å². The van der Waals surface area contributed by atoms with Gasteiger partial charge in [0.1, 0.15) is 5.75 Å². The fraction of sp³-hybridized carbons (Fsp3) is 0.647. The molecule has 0 atom stereocenters. The zero-order valence-corrected chi connectivity index (χ0v) is 15.9. The maximum absolute atomic E-state index is 5.48. The molecule has 2 rings (SSSR count). The molecular formula is C17H28N4OS. The Labute approximate surface area is 143 Å². The van der Waals surface area contributed by atoms with Crippen molar-refractivity contribution in [2.24, 2.45) is 4.99 Å². The first-order chi connectivity index (χ1) is 10.9. The third-order valence-corrected chi connectivity index (χ3v) is 5.40. The molecule has 1 saturated heterocycles. The van der Waals surface area contributed by atoms with Crippen molar-refractivity contribution >= 4 is 17.7 Å². The van der Waals surface area contributed by atoms with Gasteiger partial charge in [-0.1, -0.05) is 0 Å². The van der Waals surface area contributed by atoms with Gasteiger partial charge in [0.05, 0.1) is 19.3 Å². The lowest BCUT2D eigenvalue weighted by molar-refractivity contribution is 0.375. The van der Waals surface area contributed by atoms with E-state index >= 15 is 0 Å². The number of ether oxygens (including phenoxy) is 1. The van der Waals surface area contributed by atoms with Crippen LogP contribution in [-0.4, -0.2) is 53.6 Å². The van der Waals surface area contributed by atoms with E-state index in [1.165, 1.54) is 0 Å². The lowest BCUT2D eigenvalue weighted by atomic mass is 10.1. The molecule has 6 heteroatoms. The van der Waals surface area contributed by atoms with Crippen molar-refractivity contribution in [2.75, 3.05) is 33.0 Å². The molecule has 1 N–H and O–H groups in total. The van der Waals surface area contributed by atoms with Crippen LogP contribution in [0.25, 0.3) is 0 Å². The van der Waals surface area contributed by atoms with Crippen LogP contribution in [0.4, 0.5) is 0 Å². The summed E-state index contributed by atoms with van der Waals surface area (Å²) in [5.41, 5.74) is 3.15. The second-order valence-corrected chi connectivity index (χ2v) is 8.28. The first-order valence-electron chi connectivity index (χ1n) is 7.96. The third kappa shape index (κ3) is 4.31. The summed E-state index contributed by atoms with van der Waals surface area (Å²) in [6.45, 7) is 11.3. The van der Waals surface area contributed by atoms with Crippen LogP contribution in [0.5, 0.6) is 5.75 Å². The summed E-state index contributed by atoms with van der Waals surface area (Å²) in [5, 5.41) is 3.45. The second-order valence-electron chi connectivity index (χ2n) is 6.48. The zero-order chi connectivity index (χ0) is 17.0. The van der Waals surface area contributed by atoms with Crippen molar-refractivity contribution in [1.82, 2.24) is 15.2 Å². The van der Waals surface area contributed by atoms with Crippen molar-refractivity contribution in [3.63, 3.8) is 0 Å². The van der Waals surface area contributed by atoms with Gasteiger partial charge in [0.15, 0.2) is 5.96 Å². The largest absolute Gasteiger partial charge is 0.496 e. The van der Waals surface area contributed by atoms with Gasteiger partial charge in [-0.05, 0) is 27.7 Å². The highest BCUT2D eigenvalue weighted by Gasteiger charge is 2.28. The molecule has 23 heavy (non-hydrogen) atoms. The van der Waals surface area contributed by atoms with Gasteiger partial charge in [0.2, 0.25) is 0 Å². The van der Waals surface area contributed by atoms with Crippen molar-refractivity contribution in [3.8, 4) is 5.75 Å². The summed E-state index contributed by atoms with van der Waals surface area (Å²) in [5.74, 6) is 2.99. The van der Waals surface area contributed by atoms with Gasteiger partial charge in [-0.25, -0.2) is 0 Å². The number of hydrogen-bond acceptors (Lipinski definition) is 4. The van der Waals surface area contributed by atoms with Crippen molar-refractivity contribution in [2.45, 2.75) is 39.0 Å². The molecular weight excluding hydrogens is 308 g/mol. The van der Waals surface area contributed by atoms with E-state index in [-0.39, 0.29) is 4.75 Å². The lowest BCUT2D eigenvalue weighted by Gasteiger charge is -2.39. The summed E-state index contributed by atoms with van der Waals surface area (Å²) in [7, 11) is 3.55. The number of rotatable bonds is 3. The zero-order valence-electron chi connectivity index (χ0n) is 15.1. The van der Waals surface area contributed by atoms with E-state index in [2.05, 4.69) is 41.0 Å². The Morgan fingerprint density at radius 1 is 1.48 bits per heavy atom. The quantitative estimate of drug-likeness (QED) is 0.679. The van der Waals surface area contributed by atoms with E-state index in [4.69, 9.17) is 4.74 Å². The number of aryl methyl sites for hydroxylation is 1. The Bertz CT molecular complexity index is 586. The van der Waals surface area contributed by atoms with E-state index in [9.17, 15) is 0 Å². The van der Waals surface area contributed by atoms with E-state index in [0.29, 0.717) is 6.54 Å². The number of thioether (sulfide) groups is 1. The minimum atomic E-state index is 0.261. The fourth-order valence-electron chi connectivity index (χ4n) is 2.94. The number of methoxy groups -OCH3 is 1. The number of aromatic nitrogens is 1. The van der Waals surface area contributed by atoms with Crippen LogP contribution in [-0.2, 0) is 6.54 Å². The summed E-state index contributed by atoms with van der Waals surface area (Å²) in [4.78, 5) is 11.3. The molecule has 0 bridgehead atoms. The molecule has 0 aliphatic carbocycles. The highest BCUT2D eigenvalue weighted by molar-refractivity contribution is 8.00. The normalized spacial score (nSPS) is 18.0. The number of nitrogens with one attached hydrogen (secondary N) is 1. The van der Waals surface area contributed by atoms with Gasteiger partial charge in [-0.15, -0.1) is 0 Å². The summed E-state index contributed by atoms with van der Waals surface area (Å²) in [6.07, 6.45) is 1.87. The van der Waals surface area contributed by atoms with Gasteiger partial charge in [0.25, 0.3) is 0 Å². The minimum absolute atomic E-state index is 0.261. The number of guanidine groups is 1. The Kier molecular flexibility index (Phi) is 5.79. The molecule has 0 aromatic carbocycles. The van der Waals surface area contributed by atoms with Crippen LogP contribution < -0.4 is 10.1 Å². The van der Waals surface area contributed by atoms with E-state index in [1.54, 1.807) is 7.11 Å². The molecule has 0 radical (unpaired) electrons. The van der Waals surface area contributed by atoms with Crippen LogP contribution in [0.3, 0.4) is 0 Å². The van der Waals surface area contributed by atoms with Gasteiger partial charge in [-0.3, -0.25) is 9.98 Å². The first-order valence-corrected chi connectivity index (χ1v) is 8.95. The number of hydrogen-bond donors (Lipinski definition) is 1. The average molecular weight is 337 g/mol. The maximum atomic E-state index is 5.48. The lowest BCUT2D eigenvalue weighted by Crippen LogP contribution is -2.50. The van der Waals surface area contributed by atoms with Crippen LogP contribution in [0.15, 0.2) is 11.2 Å². The Hall–Kier alpha value is -1.43. The molecule has 0 saturated carbocycles. The summed E-state index contributed by atoms with van der Waals surface area (Å²) in [6, 6.07) is 0. The molecule has 0 spiro atoms. The van der Waals surface area contributed by atoms with Crippen LogP contribution >= 0.6 is 11.8 Å². The SMILES string of the molecule is CN=C(NCc1ncc(C)c(OC)c1C)N1CCSC(C)(C)C1. The second kappa shape index (κ2) is 7.43. The highest BCUT2D eigenvalue weighted by Crippen LogP contribution is 2.29. The summed E-state index contributed by atoms with van der Waals surface area (Å²) < 4.78 is 5.74. The molecule has 1 aromatic rings. The van der Waals surface area contributed by atoms with Gasteiger partial charge in [0, 0.05) is 48.0 Å². The van der Waals surface area contributed by atoms with Gasteiger partial charge < -0.3 is 15.0 Å².